The number of nitrogens with one attached hydrogen (secondary N) is 2. The van der Waals surface area contributed by atoms with Gasteiger partial charge in [-0.2, -0.15) is 0 Å². The van der Waals surface area contributed by atoms with Gasteiger partial charge in [0.1, 0.15) is 17.3 Å². The first-order valence-corrected chi connectivity index (χ1v) is 14.3. The highest BCUT2D eigenvalue weighted by Gasteiger charge is 2.32. The fraction of sp³-hybridized carbons (Fsp3) is 0.258. The molecule has 2 heterocycles. The Morgan fingerprint density at radius 2 is 0.902 bits per heavy atom. The molecular weight excluding hydrogens is 542 g/mol. The van der Waals surface area contributed by atoms with Crippen LogP contribution in [0.25, 0.3) is 21.8 Å². The largest absolute Gasteiger partial charge is 0.378 e. The second kappa shape index (κ2) is 11.6. The summed E-state index contributed by atoms with van der Waals surface area (Å²) in [4.78, 5) is 14.0. The summed E-state index contributed by atoms with van der Waals surface area (Å²) in [7, 11) is 7.53. The zero-order valence-corrected chi connectivity index (χ0v) is 25.4. The van der Waals surface area contributed by atoms with Crippen LogP contribution in [0.5, 0.6) is 0 Å². The van der Waals surface area contributed by atoms with Gasteiger partial charge in [-0.1, -0.05) is 0 Å². The molecular formula is C31H36ClN5O4. The summed E-state index contributed by atoms with van der Waals surface area (Å²) >= 11 is 0. The molecule has 0 amide bonds. The van der Waals surface area contributed by atoms with Crippen LogP contribution >= 0.6 is 0 Å². The molecule has 3 aromatic carbocycles. The van der Waals surface area contributed by atoms with Gasteiger partial charge in [0.25, 0.3) is 0 Å². The van der Waals surface area contributed by atoms with Crippen LogP contribution in [0.15, 0.2) is 60.7 Å². The van der Waals surface area contributed by atoms with Gasteiger partial charge in [0.15, 0.2) is 0 Å². The molecule has 0 aliphatic rings. The van der Waals surface area contributed by atoms with Crippen LogP contribution in [0.1, 0.15) is 28.1 Å². The van der Waals surface area contributed by atoms with Crippen LogP contribution in [-0.2, 0) is 0 Å². The molecule has 0 aliphatic heterocycles. The van der Waals surface area contributed by atoms with E-state index in [4.69, 9.17) is 18.6 Å². The first kappa shape index (κ1) is 30.1. The smallest absolute Gasteiger partial charge is 0.121 e. The molecule has 5 rings (SSSR count). The molecule has 0 bridgehead atoms. The molecule has 41 heavy (non-hydrogen) atoms. The predicted molar refractivity (Wildman–Crippen MR) is 156 cm³/mol. The van der Waals surface area contributed by atoms with Crippen molar-refractivity contribution in [3.05, 3.63) is 94.7 Å². The van der Waals surface area contributed by atoms with Crippen molar-refractivity contribution in [3.8, 4) is 0 Å². The minimum absolute atomic E-state index is 1.15. The van der Waals surface area contributed by atoms with Gasteiger partial charge in [-0.3, -0.25) is 0 Å². The van der Waals surface area contributed by atoms with E-state index in [-0.39, 0.29) is 0 Å². The topological polar surface area (TPSA) is 134 Å². The van der Waals surface area contributed by atoms with Crippen molar-refractivity contribution in [2.75, 3.05) is 57.0 Å². The molecule has 0 radical (unpaired) electrons. The number of halogens is 1. The number of benzene rings is 3. The predicted octanol–water partition coefficient (Wildman–Crippen LogP) is 1.73. The number of aromatic amines is 2. The third-order valence-electron chi connectivity index (χ3n) is 7.29. The molecule has 0 saturated carbocycles. The summed E-state index contributed by atoms with van der Waals surface area (Å²) in [6.07, 6.45) is 0. The van der Waals surface area contributed by atoms with Crippen LogP contribution in [0.4, 0.5) is 17.1 Å². The van der Waals surface area contributed by atoms with Crippen LogP contribution in [0, 0.1) is 30.0 Å². The maximum atomic E-state index is 8.49. The Hall–Kier alpha value is -3.86. The molecule has 0 aliphatic carbocycles. The number of anilines is 3. The number of rotatable bonds is 6. The van der Waals surface area contributed by atoms with E-state index in [9.17, 15) is 0 Å². The van der Waals surface area contributed by atoms with E-state index in [2.05, 4.69) is 141 Å². The summed E-state index contributed by atoms with van der Waals surface area (Å²) in [5.74, 6) is 1.19. The maximum absolute atomic E-state index is 8.49. The summed E-state index contributed by atoms with van der Waals surface area (Å²) < 4.78 is 34.0. The summed E-state index contributed by atoms with van der Waals surface area (Å²) in [5, 5.41) is 2.50. The van der Waals surface area contributed by atoms with Gasteiger partial charge < -0.3 is 24.7 Å². The lowest BCUT2D eigenvalue weighted by Gasteiger charge is -2.17. The zero-order valence-electron chi connectivity index (χ0n) is 24.6. The second-order valence-electron chi connectivity index (χ2n) is 10.7. The number of nitrogens with zero attached hydrogens (tertiary/aromatic N) is 3. The van der Waals surface area contributed by atoms with Gasteiger partial charge in [0.2, 0.25) is 0 Å². The highest BCUT2D eigenvalue weighted by molar-refractivity contribution is 5.92. The third kappa shape index (κ3) is 6.56. The molecule has 2 N–H and O–H groups in total. The number of aryl methyl sites for hydroxylation is 2. The Balaban J connectivity index is 0.000000714. The molecule has 0 saturated heterocycles. The Morgan fingerprint density at radius 3 is 1.24 bits per heavy atom. The second-order valence-corrected chi connectivity index (χ2v) is 11.4. The maximum Gasteiger partial charge on any atom is 0.121 e. The van der Waals surface area contributed by atoms with E-state index in [1.54, 1.807) is 0 Å². The van der Waals surface area contributed by atoms with E-state index >= 15 is 0 Å². The van der Waals surface area contributed by atoms with Crippen molar-refractivity contribution >= 4 is 38.9 Å². The first-order chi connectivity index (χ1) is 19.2. The molecule has 10 heteroatoms. The minimum Gasteiger partial charge on any atom is -0.378 e. The van der Waals surface area contributed by atoms with Gasteiger partial charge in [-0.15, -0.1) is 10.2 Å². The van der Waals surface area contributed by atoms with Crippen LogP contribution in [-0.4, -0.2) is 52.3 Å². The third-order valence-corrected chi connectivity index (χ3v) is 7.29. The highest BCUT2D eigenvalue weighted by Crippen LogP contribution is 2.40. The molecule has 0 fully saturated rings. The summed E-state index contributed by atoms with van der Waals surface area (Å²) in [5.41, 5.74) is 11.9. The fourth-order valence-corrected chi connectivity index (χ4v) is 5.05. The normalized spacial score (nSPS) is 11.4. The number of hydrogen-bond donors (Lipinski definition) is 2. The van der Waals surface area contributed by atoms with Crippen LogP contribution in [0.3, 0.4) is 0 Å². The van der Waals surface area contributed by atoms with Crippen molar-refractivity contribution in [2.24, 2.45) is 0 Å². The van der Waals surface area contributed by atoms with Crippen molar-refractivity contribution in [2.45, 2.75) is 13.8 Å². The zero-order chi connectivity index (χ0) is 30.2. The lowest BCUT2D eigenvalue weighted by atomic mass is 9.88. The number of fused-ring (bicyclic) bond motifs is 2. The Morgan fingerprint density at radius 1 is 0.561 bits per heavy atom. The number of aromatic nitrogens is 2. The van der Waals surface area contributed by atoms with Gasteiger partial charge in [0.05, 0.1) is 22.3 Å². The van der Waals surface area contributed by atoms with Gasteiger partial charge >= 0.3 is 0 Å². The molecule has 5 aromatic rings. The van der Waals surface area contributed by atoms with Crippen LogP contribution in [0.2, 0.25) is 0 Å². The monoisotopic (exact) mass is 577 g/mol. The van der Waals surface area contributed by atoms with E-state index in [1.165, 1.54) is 50.4 Å². The molecule has 216 valence electrons. The Labute approximate surface area is 243 Å². The van der Waals surface area contributed by atoms with E-state index in [0.717, 1.165) is 22.4 Å². The first-order valence-electron chi connectivity index (χ1n) is 13.0. The van der Waals surface area contributed by atoms with Crippen LogP contribution < -0.4 is 33.3 Å². The fourth-order valence-electron chi connectivity index (χ4n) is 5.05. The molecule has 0 unspecified atom stereocenters. The highest BCUT2D eigenvalue weighted by atomic mass is 35.7. The summed E-state index contributed by atoms with van der Waals surface area (Å²) in [6, 6.07) is 22.2. The van der Waals surface area contributed by atoms with Gasteiger partial charge in [-0.25, -0.2) is 18.6 Å². The van der Waals surface area contributed by atoms with E-state index in [1.807, 2.05) is 0 Å². The lowest BCUT2D eigenvalue weighted by molar-refractivity contribution is -2.00. The quantitative estimate of drug-likeness (QED) is 0.294. The van der Waals surface area contributed by atoms with Crippen molar-refractivity contribution in [1.82, 2.24) is 9.97 Å². The van der Waals surface area contributed by atoms with Gasteiger partial charge in [0, 0.05) is 87.7 Å². The lowest BCUT2D eigenvalue weighted by Crippen LogP contribution is -2.68. The van der Waals surface area contributed by atoms with Gasteiger partial charge in [-0.05, 0) is 62.4 Å². The van der Waals surface area contributed by atoms with Crippen molar-refractivity contribution in [3.63, 3.8) is 0 Å². The SMILES string of the molecule is Cc1c([C+](c2ccc(N(C)C)cc2)c2[nH]c3cc(N(C)C)ccc3c2C)[nH]c2cc(N(C)C)ccc12.[O-][Cl+3]([O-])([O-])[O-]. The Kier molecular flexibility index (Phi) is 8.49. The number of H-pyrrole nitrogens is 2. The van der Waals surface area contributed by atoms with Crippen molar-refractivity contribution < 1.29 is 28.9 Å². The average Bonchev–Trinajstić information content (AvgIpc) is 3.39. The standard InChI is InChI=1S/C31H36N5.ClHO4/c1-19-25-15-13-23(35(5)6)17-27(25)32-30(19)29(21-9-11-22(12-10-21)34(3)4)31-20(2)26-16-14-24(36(7)8)18-28(26)33-31;2-1(3,4)5/h9-18,32-33H,1-8H3;(H,2,3,4,5)/q+1;/p-1. The van der Waals surface area contributed by atoms with Crippen molar-refractivity contribution in [1.29, 1.82) is 0 Å². The minimum atomic E-state index is -4.94. The molecule has 0 atom stereocenters. The average molecular weight is 578 g/mol. The molecule has 9 nitrogen and oxygen atoms in total. The molecule has 0 spiro atoms. The summed E-state index contributed by atoms with van der Waals surface area (Å²) in [6.45, 7) is 4.44. The Bertz CT molecular complexity index is 1550. The van der Waals surface area contributed by atoms with E-state index in [0.29, 0.717) is 0 Å². The number of hydrogen-bond acceptors (Lipinski definition) is 7. The molecule has 2 aromatic heterocycles. The van der Waals surface area contributed by atoms with E-state index < -0.39 is 10.2 Å².